The van der Waals surface area contributed by atoms with Crippen LogP contribution in [-0.4, -0.2) is 60.4 Å². The highest BCUT2D eigenvalue weighted by molar-refractivity contribution is 7.89. The summed E-state index contributed by atoms with van der Waals surface area (Å²) < 4.78 is 25.5. The Morgan fingerprint density at radius 1 is 1.17 bits per heavy atom. The normalized spacial score (nSPS) is 17.3. The summed E-state index contributed by atoms with van der Waals surface area (Å²) in [6.45, 7) is 3.50. The number of H-pyrrole nitrogens is 1. The van der Waals surface area contributed by atoms with Crippen LogP contribution < -0.4 is 0 Å². The summed E-state index contributed by atoms with van der Waals surface area (Å²) in [6, 6.07) is 7.69. The van der Waals surface area contributed by atoms with E-state index in [-0.39, 0.29) is 11.7 Å². The summed E-state index contributed by atoms with van der Waals surface area (Å²) in [6.07, 6.45) is 2.39. The van der Waals surface area contributed by atoms with E-state index in [4.69, 9.17) is 0 Å². The smallest absolute Gasteiger partial charge is 0.256 e. The summed E-state index contributed by atoms with van der Waals surface area (Å²) in [5, 5.41) is 0.903. The van der Waals surface area contributed by atoms with Gasteiger partial charge in [0.25, 0.3) is 5.91 Å². The average Bonchev–Trinajstić information content (AvgIpc) is 2.82. The Bertz CT molecular complexity index is 813. The van der Waals surface area contributed by atoms with Gasteiger partial charge in [0.05, 0.1) is 11.3 Å². The minimum absolute atomic E-state index is 0.0433. The second-order valence-electron chi connectivity index (χ2n) is 5.69. The number of rotatable bonds is 3. The molecule has 0 atom stereocenters. The van der Waals surface area contributed by atoms with Crippen molar-refractivity contribution in [3.8, 4) is 0 Å². The van der Waals surface area contributed by atoms with Gasteiger partial charge in [0.15, 0.2) is 0 Å². The van der Waals surface area contributed by atoms with Gasteiger partial charge in [-0.1, -0.05) is 18.2 Å². The van der Waals surface area contributed by atoms with Crippen LogP contribution in [0.3, 0.4) is 0 Å². The number of nitrogens with zero attached hydrogens (tertiary/aromatic N) is 2. The van der Waals surface area contributed by atoms with Crippen molar-refractivity contribution in [2.24, 2.45) is 0 Å². The Balaban J connectivity index is 1.79. The summed E-state index contributed by atoms with van der Waals surface area (Å²) in [7, 11) is -3.19. The van der Waals surface area contributed by atoms with Crippen molar-refractivity contribution >= 4 is 26.8 Å². The van der Waals surface area contributed by atoms with Crippen LogP contribution in [0.25, 0.3) is 10.9 Å². The topological polar surface area (TPSA) is 73.5 Å². The van der Waals surface area contributed by atoms with Gasteiger partial charge in [-0.3, -0.25) is 4.79 Å². The van der Waals surface area contributed by atoms with Crippen LogP contribution in [0.15, 0.2) is 30.5 Å². The molecule has 1 aliphatic heterocycles. The number of carbonyl (C=O) groups excluding carboxylic acids is 1. The average molecular weight is 335 g/mol. The molecule has 23 heavy (non-hydrogen) atoms. The third kappa shape index (κ3) is 3.11. The van der Waals surface area contributed by atoms with Gasteiger partial charge < -0.3 is 9.88 Å². The Morgan fingerprint density at radius 2 is 1.96 bits per heavy atom. The number of amides is 1. The first-order valence-electron chi connectivity index (χ1n) is 7.86. The first kappa shape index (κ1) is 16.0. The third-order valence-corrected chi connectivity index (χ3v) is 6.20. The van der Waals surface area contributed by atoms with Crippen LogP contribution in [0, 0.1) is 0 Å². The molecule has 124 valence electrons. The molecule has 2 heterocycles. The third-order valence-electron chi connectivity index (χ3n) is 4.32. The van der Waals surface area contributed by atoms with Crippen molar-refractivity contribution < 1.29 is 13.2 Å². The van der Waals surface area contributed by atoms with Gasteiger partial charge in [-0.15, -0.1) is 0 Å². The fraction of sp³-hybridized carbons (Fsp3) is 0.438. The molecule has 7 heteroatoms. The maximum atomic E-state index is 12.8. The maximum absolute atomic E-state index is 12.8. The molecular formula is C16H21N3O3S. The molecule has 6 nitrogen and oxygen atoms in total. The minimum Gasteiger partial charge on any atom is -0.360 e. The van der Waals surface area contributed by atoms with Crippen LogP contribution in [0.2, 0.25) is 0 Å². The lowest BCUT2D eigenvalue weighted by Crippen LogP contribution is -2.37. The number of hydrogen-bond donors (Lipinski definition) is 1. The predicted octanol–water partition coefficient (Wildman–Crippen LogP) is 1.67. The molecule has 2 aromatic rings. The van der Waals surface area contributed by atoms with Gasteiger partial charge in [-0.25, -0.2) is 12.7 Å². The van der Waals surface area contributed by atoms with Gasteiger partial charge in [0.1, 0.15) is 0 Å². The second kappa shape index (κ2) is 6.33. The van der Waals surface area contributed by atoms with Gasteiger partial charge in [0, 0.05) is 43.3 Å². The Morgan fingerprint density at radius 3 is 2.74 bits per heavy atom. The van der Waals surface area contributed by atoms with Gasteiger partial charge in [0.2, 0.25) is 10.0 Å². The van der Waals surface area contributed by atoms with Crippen LogP contribution in [0.4, 0.5) is 0 Å². The molecule has 0 unspecified atom stereocenters. The molecule has 0 aliphatic carbocycles. The molecule has 1 saturated heterocycles. The first-order chi connectivity index (χ1) is 11.0. The molecule has 1 fully saturated rings. The number of carbonyl (C=O) groups is 1. The number of nitrogens with one attached hydrogen (secondary N) is 1. The molecule has 1 amide bonds. The number of para-hydroxylation sites is 1. The SMILES string of the molecule is CCS(=O)(=O)N1CCCN(C(=O)c2c[nH]c3ccccc23)CC1. The van der Waals surface area contributed by atoms with E-state index in [1.165, 1.54) is 4.31 Å². The van der Waals surface area contributed by atoms with Crippen molar-refractivity contribution in [1.29, 1.82) is 0 Å². The summed E-state index contributed by atoms with van der Waals surface area (Å²) >= 11 is 0. The molecule has 3 rings (SSSR count). The van der Waals surface area contributed by atoms with Crippen LogP contribution in [0.5, 0.6) is 0 Å². The zero-order chi connectivity index (χ0) is 16.4. The van der Waals surface area contributed by atoms with E-state index in [1.54, 1.807) is 18.0 Å². The van der Waals surface area contributed by atoms with Crippen molar-refractivity contribution in [1.82, 2.24) is 14.2 Å². The maximum Gasteiger partial charge on any atom is 0.256 e. The lowest BCUT2D eigenvalue weighted by molar-refractivity contribution is 0.0766. The van der Waals surface area contributed by atoms with E-state index >= 15 is 0 Å². The second-order valence-corrected chi connectivity index (χ2v) is 7.95. The largest absolute Gasteiger partial charge is 0.360 e. The lowest BCUT2D eigenvalue weighted by atomic mass is 10.1. The minimum atomic E-state index is -3.19. The Hall–Kier alpha value is -1.86. The Labute approximate surface area is 136 Å². The highest BCUT2D eigenvalue weighted by atomic mass is 32.2. The number of aromatic amines is 1. The monoisotopic (exact) mass is 335 g/mol. The van der Waals surface area contributed by atoms with Gasteiger partial charge in [-0.05, 0) is 19.4 Å². The molecule has 1 N–H and O–H groups in total. The molecule has 1 aromatic carbocycles. The molecule has 0 radical (unpaired) electrons. The summed E-state index contributed by atoms with van der Waals surface area (Å²) in [4.78, 5) is 17.7. The quantitative estimate of drug-likeness (QED) is 0.927. The summed E-state index contributed by atoms with van der Waals surface area (Å²) in [5.41, 5.74) is 1.58. The molecule has 0 bridgehead atoms. The molecular weight excluding hydrogens is 314 g/mol. The van der Waals surface area contributed by atoms with Gasteiger partial charge >= 0.3 is 0 Å². The van der Waals surface area contributed by atoms with E-state index in [2.05, 4.69) is 4.98 Å². The fourth-order valence-corrected chi connectivity index (χ4v) is 4.11. The van der Waals surface area contributed by atoms with Crippen LogP contribution in [0.1, 0.15) is 23.7 Å². The standard InChI is InChI=1S/C16H21N3O3S/c1-2-23(21,22)19-9-5-8-18(10-11-19)16(20)14-12-17-15-7-4-3-6-13(14)15/h3-4,6-7,12,17H,2,5,8-11H2,1H3. The van der Waals surface area contributed by atoms with E-state index in [0.717, 1.165) is 10.9 Å². The number of fused-ring (bicyclic) bond motifs is 1. The zero-order valence-corrected chi connectivity index (χ0v) is 14.0. The Kier molecular flexibility index (Phi) is 4.41. The van der Waals surface area contributed by atoms with Crippen molar-refractivity contribution in [2.45, 2.75) is 13.3 Å². The number of aromatic nitrogens is 1. The number of hydrogen-bond acceptors (Lipinski definition) is 3. The van der Waals surface area contributed by atoms with E-state index in [1.807, 2.05) is 24.3 Å². The van der Waals surface area contributed by atoms with Crippen molar-refractivity contribution in [3.05, 3.63) is 36.0 Å². The van der Waals surface area contributed by atoms with Crippen molar-refractivity contribution in [3.63, 3.8) is 0 Å². The number of sulfonamides is 1. The zero-order valence-electron chi connectivity index (χ0n) is 13.2. The van der Waals surface area contributed by atoms with Crippen LogP contribution in [-0.2, 0) is 10.0 Å². The molecule has 1 aliphatic rings. The fourth-order valence-electron chi connectivity index (χ4n) is 2.98. The highest BCUT2D eigenvalue weighted by Gasteiger charge is 2.26. The lowest BCUT2D eigenvalue weighted by Gasteiger charge is -2.21. The van der Waals surface area contributed by atoms with E-state index in [9.17, 15) is 13.2 Å². The van der Waals surface area contributed by atoms with Crippen molar-refractivity contribution in [2.75, 3.05) is 31.9 Å². The molecule has 0 spiro atoms. The first-order valence-corrected chi connectivity index (χ1v) is 9.47. The highest BCUT2D eigenvalue weighted by Crippen LogP contribution is 2.20. The summed E-state index contributed by atoms with van der Waals surface area (Å²) in [5.74, 6) is 0.0573. The predicted molar refractivity (Wildman–Crippen MR) is 89.9 cm³/mol. The molecule has 0 saturated carbocycles. The van der Waals surface area contributed by atoms with Gasteiger partial charge in [-0.2, -0.15) is 0 Å². The number of benzene rings is 1. The van der Waals surface area contributed by atoms with Crippen LogP contribution >= 0.6 is 0 Å². The molecule has 1 aromatic heterocycles. The van der Waals surface area contributed by atoms with E-state index < -0.39 is 10.0 Å². The van der Waals surface area contributed by atoms with E-state index in [0.29, 0.717) is 38.2 Å².